The van der Waals surface area contributed by atoms with Gasteiger partial charge in [-0.2, -0.15) is 0 Å². The van der Waals surface area contributed by atoms with Crippen molar-refractivity contribution >= 4 is 17.9 Å². The molecule has 4 rings (SSSR count). The van der Waals surface area contributed by atoms with Gasteiger partial charge in [0.1, 0.15) is 30.5 Å². The standard InChI is InChI=1S/C14H25NO11.C12H24N2O5.C8H15NO6/c16-2-5-9(21)13(6(3-17)15(5)1-8(19)20)26-14-12(24)11(23)10(22)7(4-18)25-14;1-7(13)3-2-4-8-11(18)12(19)9(6-15)14(8)5-10(16)17;10-2-4-7(14)8(15)5(3-11)9(4)1-6(12)13/h5-7,9-14,16-18,21-24H,1-4H2,(H,19,20);7-9,11-12,15,18-19H,2-6,13H2,1H3,(H,16,17);4-5,7-8,10-11,14-15H,1-3H2,(H,12,13)/t5-,6-,7?,9-,10?,11?,12?,13-,14?;7?,8-,9-,11-,12-;4-,5-,7-,8-/m111/s1. The number of rotatable bonds is 18. The maximum Gasteiger partial charge on any atom is 0.317 e. The molecule has 4 aliphatic heterocycles. The fourth-order valence-corrected chi connectivity index (χ4v) is 7.99. The van der Waals surface area contributed by atoms with Crippen molar-refractivity contribution < 1.29 is 111 Å². The zero-order valence-electron chi connectivity index (χ0n) is 32.9. The average molecular weight is 881 g/mol. The van der Waals surface area contributed by atoms with Crippen molar-refractivity contribution in [3.8, 4) is 0 Å². The van der Waals surface area contributed by atoms with Gasteiger partial charge in [-0.3, -0.25) is 29.1 Å². The number of hydrogen-bond acceptors (Lipinski definition) is 23. The molecule has 0 saturated carbocycles. The fourth-order valence-electron chi connectivity index (χ4n) is 7.99. The Morgan fingerprint density at radius 3 is 1.27 bits per heavy atom. The van der Waals surface area contributed by atoms with Gasteiger partial charge >= 0.3 is 17.9 Å². The normalized spacial score (nSPS) is 39.1. The molecular weight excluding hydrogens is 816 g/mol. The Labute approximate surface area is 344 Å². The van der Waals surface area contributed by atoms with E-state index in [4.69, 9.17) is 40.7 Å². The first-order valence-electron chi connectivity index (χ1n) is 19.3. The average Bonchev–Trinajstić information content (AvgIpc) is 3.66. The highest BCUT2D eigenvalue weighted by Gasteiger charge is 2.53. The lowest BCUT2D eigenvalue weighted by atomic mass is 9.99. The Kier molecular flexibility index (Phi) is 22.4. The zero-order chi connectivity index (χ0) is 45.8. The van der Waals surface area contributed by atoms with Crippen LogP contribution in [-0.2, 0) is 23.9 Å². The number of carboxylic acids is 3. The Bertz CT molecular complexity index is 1290. The summed E-state index contributed by atoms with van der Waals surface area (Å²) in [7, 11) is 0. The number of aliphatic hydroxyl groups is 14. The van der Waals surface area contributed by atoms with E-state index in [2.05, 4.69) is 0 Å². The highest BCUT2D eigenvalue weighted by atomic mass is 16.7. The van der Waals surface area contributed by atoms with Crippen LogP contribution in [0.25, 0.3) is 0 Å². The van der Waals surface area contributed by atoms with E-state index in [0.29, 0.717) is 6.42 Å². The molecule has 4 saturated heterocycles. The zero-order valence-corrected chi connectivity index (χ0v) is 32.9. The van der Waals surface area contributed by atoms with E-state index in [1.807, 2.05) is 6.92 Å². The van der Waals surface area contributed by atoms with Crippen LogP contribution in [-0.4, -0.2) is 288 Å². The molecule has 60 heavy (non-hydrogen) atoms. The van der Waals surface area contributed by atoms with Gasteiger partial charge in [0, 0.05) is 12.1 Å². The summed E-state index contributed by atoms with van der Waals surface area (Å²) < 4.78 is 10.7. The van der Waals surface area contributed by atoms with Crippen molar-refractivity contribution in [3.05, 3.63) is 0 Å². The lowest BCUT2D eigenvalue weighted by molar-refractivity contribution is -0.317. The summed E-state index contributed by atoms with van der Waals surface area (Å²) in [5, 5.41) is 161. The molecule has 0 aliphatic carbocycles. The first kappa shape index (κ1) is 53.7. The first-order valence-corrected chi connectivity index (χ1v) is 19.3. The smallest absolute Gasteiger partial charge is 0.317 e. The summed E-state index contributed by atoms with van der Waals surface area (Å²) >= 11 is 0. The van der Waals surface area contributed by atoms with Crippen LogP contribution < -0.4 is 5.73 Å². The van der Waals surface area contributed by atoms with Crippen LogP contribution in [0, 0.1) is 0 Å². The van der Waals surface area contributed by atoms with E-state index < -0.39 is 168 Å². The van der Waals surface area contributed by atoms with E-state index in [1.54, 1.807) is 0 Å². The van der Waals surface area contributed by atoms with Crippen LogP contribution in [0.1, 0.15) is 26.2 Å². The number of ether oxygens (including phenoxy) is 2. The second-order valence-electron chi connectivity index (χ2n) is 15.2. The molecule has 6 unspecified atom stereocenters. The number of aliphatic hydroxyl groups excluding tert-OH is 14. The SMILES string of the molecule is CC(N)CCC[C@@H]1[C@@H](O)[C@H](O)[C@@H](CO)N1CC(=O)O.O=C(O)CN1[C@H](CO)[C@@H](O)[C@H](O)[C@H]1CO.O=C(O)CN1[C@H](CO)[C@@H](O)[C@H](OC2OC(CO)C(O)C(O)C2O)[C@H]1CO. The summed E-state index contributed by atoms with van der Waals surface area (Å²) in [6.45, 7) is -2.67. The highest BCUT2D eigenvalue weighted by molar-refractivity contribution is 5.70. The molecule has 4 heterocycles. The van der Waals surface area contributed by atoms with Crippen LogP contribution in [0.2, 0.25) is 0 Å². The minimum atomic E-state index is -1.72. The van der Waals surface area contributed by atoms with Gasteiger partial charge in [-0.05, 0) is 19.8 Å². The second-order valence-corrected chi connectivity index (χ2v) is 15.2. The molecule has 0 radical (unpaired) electrons. The molecular formula is C34H64N4O22. The molecule has 0 amide bonds. The van der Waals surface area contributed by atoms with Crippen LogP contribution in [0.5, 0.6) is 0 Å². The topological polar surface area (TPSA) is 449 Å². The van der Waals surface area contributed by atoms with Crippen molar-refractivity contribution in [2.75, 3.05) is 59.3 Å². The quantitative estimate of drug-likeness (QED) is 0.0608. The van der Waals surface area contributed by atoms with Crippen molar-refractivity contribution in [2.45, 2.75) is 136 Å². The molecule has 0 bridgehead atoms. The van der Waals surface area contributed by atoms with Crippen molar-refractivity contribution in [2.24, 2.45) is 5.73 Å². The minimum absolute atomic E-state index is 0.0463. The minimum Gasteiger partial charge on any atom is -0.480 e. The maximum absolute atomic E-state index is 11.0. The number of nitrogens with two attached hydrogens (primary N) is 1. The van der Waals surface area contributed by atoms with Gasteiger partial charge in [0.2, 0.25) is 0 Å². The summed E-state index contributed by atoms with van der Waals surface area (Å²) in [4.78, 5) is 36.2. The van der Waals surface area contributed by atoms with E-state index in [1.165, 1.54) is 9.80 Å². The Morgan fingerprint density at radius 1 is 0.533 bits per heavy atom. The Morgan fingerprint density at radius 2 is 0.900 bits per heavy atom. The van der Waals surface area contributed by atoms with Crippen LogP contribution in [0.3, 0.4) is 0 Å². The van der Waals surface area contributed by atoms with Gasteiger partial charge in [0.05, 0.1) is 120 Å². The van der Waals surface area contributed by atoms with Crippen molar-refractivity contribution in [1.82, 2.24) is 14.7 Å². The molecule has 19 N–H and O–H groups in total. The number of hydrogen-bond donors (Lipinski definition) is 18. The highest BCUT2D eigenvalue weighted by Crippen LogP contribution is 2.32. The summed E-state index contributed by atoms with van der Waals surface area (Å²) in [6.07, 6.45) is -13.1. The van der Waals surface area contributed by atoms with Gasteiger partial charge in [-0.15, -0.1) is 0 Å². The number of aliphatic carboxylic acids is 3. The molecule has 0 spiro atoms. The van der Waals surface area contributed by atoms with Gasteiger partial charge in [-0.1, -0.05) is 6.42 Å². The van der Waals surface area contributed by atoms with Gasteiger partial charge in [0.15, 0.2) is 6.29 Å². The lowest BCUT2D eigenvalue weighted by Crippen LogP contribution is -2.60. The van der Waals surface area contributed by atoms with Crippen LogP contribution in [0.15, 0.2) is 0 Å². The summed E-state index contributed by atoms with van der Waals surface area (Å²) in [5.74, 6) is -3.44. The first-order chi connectivity index (χ1) is 28.2. The second kappa shape index (κ2) is 25.0. The molecule has 0 aromatic rings. The van der Waals surface area contributed by atoms with E-state index in [0.717, 1.165) is 17.7 Å². The van der Waals surface area contributed by atoms with E-state index in [-0.39, 0.29) is 19.2 Å². The van der Waals surface area contributed by atoms with Gasteiger partial charge < -0.3 is 102 Å². The molecule has 4 aliphatic rings. The number of carbonyl (C=O) groups is 3. The molecule has 4 fully saturated rings. The van der Waals surface area contributed by atoms with Gasteiger partial charge in [0.25, 0.3) is 0 Å². The lowest BCUT2D eigenvalue weighted by Gasteiger charge is -2.41. The number of likely N-dealkylation sites (tertiary alicyclic amines) is 3. The van der Waals surface area contributed by atoms with Crippen LogP contribution >= 0.6 is 0 Å². The predicted molar refractivity (Wildman–Crippen MR) is 197 cm³/mol. The van der Waals surface area contributed by atoms with E-state index in [9.17, 15) is 75.7 Å². The molecule has 18 atom stereocenters. The van der Waals surface area contributed by atoms with Crippen molar-refractivity contribution in [3.63, 3.8) is 0 Å². The third-order valence-electron chi connectivity index (χ3n) is 11.1. The molecule has 0 aromatic heterocycles. The fraction of sp³-hybridized carbons (Fsp3) is 0.912. The number of nitrogens with zero attached hydrogens (tertiary/aromatic N) is 3. The molecule has 352 valence electrons. The number of carboxylic acid groups (broad SMARTS) is 3. The maximum atomic E-state index is 11.0. The van der Waals surface area contributed by atoms with E-state index >= 15 is 0 Å². The monoisotopic (exact) mass is 880 g/mol. The third-order valence-corrected chi connectivity index (χ3v) is 11.1. The van der Waals surface area contributed by atoms with Crippen molar-refractivity contribution in [1.29, 1.82) is 0 Å². The summed E-state index contributed by atoms with van der Waals surface area (Å²) in [5.41, 5.74) is 5.65. The Hall–Kier alpha value is -2.39. The summed E-state index contributed by atoms with van der Waals surface area (Å²) in [6, 6.07) is -4.93. The predicted octanol–water partition coefficient (Wildman–Crippen LogP) is -10.2. The van der Waals surface area contributed by atoms with Gasteiger partial charge in [-0.25, -0.2) is 0 Å². The Balaban J connectivity index is 0.000000323. The molecule has 26 nitrogen and oxygen atoms in total. The van der Waals surface area contributed by atoms with Crippen LogP contribution in [0.4, 0.5) is 0 Å². The third kappa shape index (κ3) is 13.3. The largest absolute Gasteiger partial charge is 0.480 e. The molecule has 0 aromatic carbocycles. The molecule has 26 heteroatoms.